The molecule has 4 N–H and O–H groups in total. The summed E-state index contributed by atoms with van der Waals surface area (Å²) in [6, 6.07) is 31.4. The Balaban J connectivity index is 1.26. The highest BCUT2D eigenvalue weighted by Crippen LogP contribution is 2.38. The second-order valence-electron chi connectivity index (χ2n) is 11.0. The topological polar surface area (TPSA) is 111 Å². The van der Waals surface area contributed by atoms with Gasteiger partial charge >= 0.3 is 0 Å². The molecule has 0 aromatic heterocycles. The molecule has 1 aliphatic heterocycles. The van der Waals surface area contributed by atoms with Gasteiger partial charge in [0.25, 0.3) is 5.91 Å². The monoisotopic (exact) mass is 582 g/mol. The molecule has 1 aliphatic rings. The molecule has 5 rings (SSSR count). The molecule has 1 amide bonds. The molecular weight excluding hydrogens is 544 g/mol. The average molecular weight is 583 g/mol. The van der Waals surface area contributed by atoms with Crippen molar-refractivity contribution in [1.29, 1.82) is 0 Å². The van der Waals surface area contributed by atoms with Crippen molar-refractivity contribution in [1.82, 2.24) is 10.2 Å². The number of carbonyl (C=O) groups excluding carboxylic acids is 1. The Bertz CT molecular complexity index is 1460. The molecule has 224 valence electrons. The molecule has 1 saturated heterocycles. The third kappa shape index (κ3) is 8.28. The summed E-state index contributed by atoms with van der Waals surface area (Å²) in [5, 5.41) is 33.0. The van der Waals surface area contributed by atoms with Gasteiger partial charge in [-0.25, -0.2) is 0 Å². The summed E-state index contributed by atoms with van der Waals surface area (Å²) in [5.41, 5.74) is 4.92. The van der Waals surface area contributed by atoms with Crippen LogP contribution in [-0.2, 0) is 22.6 Å². The summed E-state index contributed by atoms with van der Waals surface area (Å²) in [7, 11) is 1.93. The maximum absolute atomic E-state index is 12.4. The number of nitrogens with one attached hydrogen (secondary N) is 1. The first-order valence-corrected chi connectivity index (χ1v) is 14.5. The Hall–Kier alpha value is -4.05. The third-order valence-corrected chi connectivity index (χ3v) is 7.61. The van der Waals surface area contributed by atoms with E-state index in [1.54, 1.807) is 36.4 Å². The van der Waals surface area contributed by atoms with Crippen molar-refractivity contribution in [2.45, 2.75) is 44.2 Å². The van der Waals surface area contributed by atoms with Gasteiger partial charge in [-0.1, -0.05) is 78.9 Å². The van der Waals surface area contributed by atoms with E-state index in [1.807, 2.05) is 78.7 Å². The molecule has 1 heterocycles. The molecule has 0 unspecified atom stereocenters. The summed E-state index contributed by atoms with van der Waals surface area (Å²) in [4.78, 5) is 14.5. The normalized spacial score (nSPS) is 19.2. The maximum Gasteiger partial charge on any atom is 0.251 e. The highest BCUT2D eigenvalue weighted by atomic mass is 16.7. The number of carbonyl (C=O) groups is 1. The number of aromatic hydroxyl groups is 1. The van der Waals surface area contributed by atoms with Gasteiger partial charge in [0.1, 0.15) is 5.75 Å². The van der Waals surface area contributed by atoms with Gasteiger partial charge in [-0.15, -0.1) is 0 Å². The molecule has 4 atom stereocenters. The molecule has 1 fully saturated rings. The number of nitrogens with zero attached hydrogens (tertiary/aromatic N) is 1. The Morgan fingerprint density at radius 1 is 0.907 bits per heavy atom. The maximum atomic E-state index is 12.4. The predicted octanol–water partition coefficient (Wildman–Crippen LogP) is 5.03. The second-order valence-corrected chi connectivity index (χ2v) is 11.0. The van der Waals surface area contributed by atoms with Gasteiger partial charge in [-0.2, -0.15) is 0 Å². The van der Waals surface area contributed by atoms with E-state index in [1.165, 1.54) is 0 Å². The molecule has 0 radical (unpaired) electrons. The van der Waals surface area contributed by atoms with Crippen LogP contribution in [0.3, 0.4) is 0 Å². The first kappa shape index (κ1) is 30.4. The molecule has 8 nitrogen and oxygen atoms in total. The fourth-order valence-electron chi connectivity index (χ4n) is 5.25. The highest BCUT2D eigenvalue weighted by Gasteiger charge is 2.33. The minimum absolute atomic E-state index is 0.0232. The zero-order valence-corrected chi connectivity index (χ0v) is 24.2. The fraction of sp³-hybridized carbons (Fsp3) is 0.286. The molecule has 4 aromatic carbocycles. The van der Waals surface area contributed by atoms with E-state index in [9.17, 15) is 20.1 Å². The van der Waals surface area contributed by atoms with E-state index >= 15 is 0 Å². The van der Waals surface area contributed by atoms with Crippen LogP contribution in [0.25, 0.3) is 0 Å². The van der Waals surface area contributed by atoms with Crippen LogP contribution in [0.2, 0.25) is 0 Å². The van der Waals surface area contributed by atoms with Crippen LogP contribution in [0.1, 0.15) is 63.1 Å². The van der Waals surface area contributed by atoms with E-state index in [4.69, 9.17) is 9.47 Å². The molecule has 0 spiro atoms. The average Bonchev–Trinajstić information content (AvgIpc) is 3.04. The van der Waals surface area contributed by atoms with Gasteiger partial charge < -0.3 is 35.0 Å². The van der Waals surface area contributed by atoms with Crippen molar-refractivity contribution >= 4 is 5.91 Å². The van der Waals surface area contributed by atoms with Crippen molar-refractivity contribution in [3.8, 4) is 5.75 Å². The van der Waals surface area contributed by atoms with Crippen molar-refractivity contribution < 1.29 is 29.6 Å². The molecular formula is C35H38N2O6. The van der Waals surface area contributed by atoms with Crippen LogP contribution in [0, 0.1) is 0 Å². The Labute approximate surface area is 252 Å². The molecule has 43 heavy (non-hydrogen) atoms. The number of ether oxygens (including phenoxy) is 2. The SMILES string of the molecule is CN(C[C@@H]1C[C@H](c2ccc(CO)cc2)O[C@H](c2ccc(CNC(=O)c3ccccc3)cc2)O1)C[C@@H](O)c1cccc(O)c1. The minimum Gasteiger partial charge on any atom is -0.508 e. The number of rotatable bonds is 11. The Kier molecular flexibility index (Phi) is 10.2. The van der Waals surface area contributed by atoms with E-state index in [2.05, 4.69) is 5.32 Å². The number of benzene rings is 4. The number of likely N-dealkylation sites (N-methyl/N-ethyl adjacent to an activating group) is 1. The number of hydrogen-bond donors (Lipinski definition) is 4. The van der Waals surface area contributed by atoms with Gasteiger partial charge in [0.2, 0.25) is 0 Å². The van der Waals surface area contributed by atoms with Crippen LogP contribution in [0.5, 0.6) is 5.75 Å². The predicted molar refractivity (Wildman–Crippen MR) is 163 cm³/mol. The van der Waals surface area contributed by atoms with Crippen LogP contribution >= 0.6 is 0 Å². The smallest absolute Gasteiger partial charge is 0.251 e. The largest absolute Gasteiger partial charge is 0.508 e. The van der Waals surface area contributed by atoms with E-state index in [-0.39, 0.29) is 30.5 Å². The quantitative estimate of drug-likeness (QED) is 0.196. The zero-order valence-electron chi connectivity index (χ0n) is 24.2. The van der Waals surface area contributed by atoms with Crippen LogP contribution in [0.15, 0.2) is 103 Å². The molecule has 0 aliphatic carbocycles. The van der Waals surface area contributed by atoms with Crippen molar-refractivity contribution in [3.05, 3.63) is 137 Å². The van der Waals surface area contributed by atoms with E-state index < -0.39 is 12.4 Å². The summed E-state index contributed by atoms with van der Waals surface area (Å²) < 4.78 is 12.9. The van der Waals surface area contributed by atoms with Gasteiger partial charge in [-0.05, 0) is 53.6 Å². The second kappa shape index (κ2) is 14.4. The standard InChI is InChI=1S/C35H38N2O6/c1-37(22-32(40)29-8-5-9-30(39)18-29)21-31-19-33(26-14-12-25(23-38)13-15-26)43-35(42-31)28-16-10-24(11-17-28)20-36-34(41)27-6-3-2-4-7-27/h2-18,31-33,35,38-40H,19-23H2,1H3,(H,36,41)/t31-,32+,33+,35+/m0/s1. The molecule has 0 bridgehead atoms. The summed E-state index contributed by atoms with van der Waals surface area (Å²) in [6.07, 6.45) is -1.17. The van der Waals surface area contributed by atoms with E-state index in [0.29, 0.717) is 37.2 Å². The first-order chi connectivity index (χ1) is 20.9. The van der Waals surface area contributed by atoms with Crippen LogP contribution < -0.4 is 5.32 Å². The molecule has 8 heteroatoms. The van der Waals surface area contributed by atoms with Crippen LogP contribution in [-0.4, -0.2) is 52.4 Å². The first-order valence-electron chi connectivity index (χ1n) is 14.5. The number of aliphatic hydroxyl groups excluding tert-OH is 2. The van der Waals surface area contributed by atoms with Gasteiger partial charge in [0, 0.05) is 37.2 Å². The Morgan fingerprint density at radius 2 is 1.60 bits per heavy atom. The lowest BCUT2D eigenvalue weighted by Crippen LogP contribution is -2.39. The van der Waals surface area contributed by atoms with Crippen molar-refractivity contribution in [2.24, 2.45) is 0 Å². The van der Waals surface area contributed by atoms with Crippen LogP contribution in [0.4, 0.5) is 0 Å². The summed E-state index contributed by atoms with van der Waals surface area (Å²) in [5.74, 6) is -0.00529. The molecule has 4 aromatic rings. The fourth-order valence-corrected chi connectivity index (χ4v) is 5.25. The number of phenolic OH excluding ortho intramolecular Hbond substituents is 1. The van der Waals surface area contributed by atoms with E-state index in [0.717, 1.165) is 22.3 Å². The summed E-state index contributed by atoms with van der Waals surface area (Å²) >= 11 is 0. The minimum atomic E-state index is -0.760. The Morgan fingerprint density at radius 3 is 2.30 bits per heavy atom. The summed E-state index contributed by atoms with van der Waals surface area (Å²) in [6.45, 7) is 1.30. The lowest BCUT2D eigenvalue weighted by molar-refractivity contribution is -0.252. The zero-order chi connectivity index (χ0) is 30.2. The third-order valence-electron chi connectivity index (χ3n) is 7.61. The molecule has 0 saturated carbocycles. The van der Waals surface area contributed by atoms with Gasteiger partial charge in [0.15, 0.2) is 6.29 Å². The lowest BCUT2D eigenvalue weighted by Gasteiger charge is -2.38. The number of aliphatic hydroxyl groups is 2. The number of amides is 1. The van der Waals surface area contributed by atoms with Crippen molar-refractivity contribution in [2.75, 3.05) is 20.1 Å². The lowest BCUT2D eigenvalue weighted by atomic mass is 9.99. The number of hydrogen-bond acceptors (Lipinski definition) is 7. The highest BCUT2D eigenvalue weighted by molar-refractivity contribution is 5.94. The van der Waals surface area contributed by atoms with Crippen molar-refractivity contribution in [3.63, 3.8) is 0 Å². The number of phenols is 1. The van der Waals surface area contributed by atoms with Gasteiger partial charge in [-0.3, -0.25) is 4.79 Å². The van der Waals surface area contributed by atoms with Gasteiger partial charge in [0.05, 0.1) is 24.9 Å².